The van der Waals surface area contributed by atoms with Crippen LogP contribution in [0.2, 0.25) is 10.0 Å². The molecule has 1 aliphatic heterocycles. The number of fused-ring (bicyclic) bond motifs is 1. The highest BCUT2D eigenvalue weighted by Gasteiger charge is 2.39. The average molecular weight is 583 g/mol. The van der Waals surface area contributed by atoms with E-state index in [0.717, 1.165) is 24.1 Å². The number of aromatic nitrogens is 1. The summed E-state index contributed by atoms with van der Waals surface area (Å²) >= 11 is 12.7. The fraction of sp³-hybridized carbons (Fsp3) is 0.138. The lowest BCUT2D eigenvalue weighted by Gasteiger charge is -2.34. The van der Waals surface area contributed by atoms with Crippen LogP contribution in [-0.2, 0) is 5.44 Å². The summed E-state index contributed by atoms with van der Waals surface area (Å²) in [5.74, 6) is -0.556. The topological polar surface area (TPSA) is 112 Å². The number of hydrazine groups is 2. The minimum Gasteiger partial charge on any atom is -0.378 e. The minimum absolute atomic E-state index is 0.0614. The normalized spacial score (nSPS) is 15.8. The Labute approximate surface area is 246 Å². The third-order valence-electron chi connectivity index (χ3n) is 7.27. The molecule has 4 aromatic rings. The van der Waals surface area contributed by atoms with Crippen molar-refractivity contribution in [2.45, 2.75) is 24.3 Å². The van der Waals surface area contributed by atoms with Crippen LogP contribution in [0.15, 0.2) is 72.7 Å². The van der Waals surface area contributed by atoms with Crippen LogP contribution >= 0.6 is 23.2 Å². The van der Waals surface area contributed by atoms with Crippen LogP contribution < -0.4 is 21.6 Å². The van der Waals surface area contributed by atoms with Gasteiger partial charge < -0.3 is 16.1 Å². The van der Waals surface area contributed by atoms with Crippen molar-refractivity contribution < 1.29 is 4.39 Å². The monoisotopic (exact) mass is 582 g/mol. The highest BCUT2D eigenvalue weighted by molar-refractivity contribution is 6.33. The summed E-state index contributed by atoms with van der Waals surface area (Å²) in [7, 11) is 2.00. The third-order valence-corrected chi connectivity index (χ3v) is 7.89. The van der Waals surface area contributed by atoms with Gasteiger partial charge in [0.25, 0.3) is 0 Å². The van der Waals surface area contributed by atoms with Crippen molar-refractivity contribution >= 4 is 59.0 Å². The molecule has 4 N–H and O–H groups in total. The van der Waals surface area contributed by atoms with E-state index in [9.17, 15) is 14.9 Å². The Bertz CT molecular complexity index is 1810. The molecule has 1 aliphatic carbocycles. The van der Waals surface area contributed by atoms with Gasteiger partial charge in [0.05, 0.1) is 38.5 Å². The van der Waals surface area contributed by atoms with Gasteiger partial charge in [-0.3, -0.25) is 9.99 Å². The molecule has 8 nitrogen and oxygen atoms in total. The summed E-state index contributed by atoms with van der Waals surface area (Å²) in [6.07, 6.45) is 5.65. The Morgan fingerprint density at radius 2 is 1.80 bits per heavy atom. The molecular formula is C29H22BCl2FN8. The van der Waals surface area contributed by atoms with Crippen molar-refractivity contribution in [1.82, 2.24) is 21.0 Å². The van der Waals surface area contributed by atoms with Gasteiger partial charge in [0.2, 0.25) is 0 Å². The van der Waals surface area contributed by atoms with Gasteiger partial charge in [-0.25, -0.2) is 4.39 Å². The Morgan fingerprint density at radius 3 is 2.51 bits per heavy atom. The maximum atomic E-state index is 13.8. The second-order valence-electron chi connectivity index (χ2n) is 10.1. The van der Waals surface area contributed by atoms with Crippen molar-refractivity contribution in [3.8, 4) is 12.1 Å². The molecule has 6 rings (SSSR count). The maximum Gasteiger partial charge on any atom is 0.148 e. The molecule has 2 heterocycles. The van der Waals surface area contributed by atoms with E-state index in [1.165, 1.54) is 24.4 Å². The largest absolute Gasteiger partial charge is 0.378 e. The number of anilines is 3. The first kappa shape index (κ1) is 26.7. The quantitative estimate of drug-likeness (QED) is 0.214. The molecule has 1 fully saturated rings. The van der Waals surface area contributed by atoms with Crippen LogP contribution in [0.1, 0.15) is 29.5 Å². The number of nitrogens with one attached hydrogen (secondary N) is 4. The third kappa shape index (κ3) is 4.98. The first-order chi connectivity index (χ1) is 19.8. The summed E-state index contributed by atoms with van der Waals surface area (Å²) in [6.45, 7) is 0. The van der Waals surface area contributed by atoms with Gasteiger partial charge in [0.1, 0.15) is 25.8 Å². The minimum atomic E-state index is -0.853. The Hall–Kier alpha value is -4.48. The van der Waals surface area contributed by atoms with Crippen LogP contribution in [-0.4, -0.2) is 23.9 Å². The molecule has 1 atom stereocenters. The van der Waals surface area contributed by atoms with Gasteiger partial charge in [-0.2, -0.15) is 10.5 Å². The number of hydrogen-bond donors (Lipinski definition) is 4. The van der Waals surface area contributed by atoms with E-state index >= 15 is 0 Å². The standard InChI is InChI=1S/C29H22BCl2FN8/c30-29(22-3-1-2-4-23(22)31,26-15-41(40-39-26)20-6-7-20)38-19-9-16(12-34)27-21(10-19)28(17(13-35)14-36-27)37-18-5-8-25(33)24(32)11-18/h1-5,8-11,14-15,20,38-40H,6-7,30H2,(H,36,37). The molecule has 0 amide bonds. The van der Waals surface area contributed by atoms with Crippen LogP contribution in [0.3, 0.4) is 0 Å². The molecule has 1 saturated carbocycles. The van der Waals surface area contributed by atoms with Crippen molar-refractivity contribution in [3.05, 3.63) is 105 Å². The first-order valence-corrected chi connectivity index (χ1v) is 13.6. The van der Waals surface area contributed by atoms with Gasteiger partial charge in [-0.05, 0) is 54.8 Å². The Kier molecular flexibility index (Phi) is 6.84. The van der Waals surface area contributed by atoms with Crippen LogP contribution in [0.5, 0.6) is 0 Å². The SMILES string of the molecule is BC(Nc1cc(C#N)c2ncc(C#N)c(Nc3ccc(F)c(Cl)c3)c2c1)(C1=CN(C2CC2)NN1)c1ccccc1Cl. The molecule has 2 aliphatic rings. The van der Waals surface area contributed by atoms with Crippen LogP contribution in [0, 0.1) is 28.5 Å². The van der Waals surface area contributed by atoms with Gasteiger partial charge in [0, 0.05) is 40.2 Å². The Balaban J connectivity index is 1.50. The summed E-state index contributed by atoms with van der Waals surface area (Å²) in [4.78, 5) is 4.42. The second kappa shape index (κ2) is 10.5. The van der Waals surface area contributed by atoms with Gasteiger partial charge >= 0.3 is 0 Å². The van der Waals surface area contributed by atoms with Crippen LogP contribution in [0.4, 0.5) is 21.5 Å². The predicted octanol–water partition coefficient (Wildman–Crippen LogP) is 5.39. The van der Waals surface area contributed by atoms with Gasteiger partial charge in [-0.15, -0.1) is 5.53 Å². The number of rotatable bonds is 7. The van der Waals surface area contributed by atoms with E-state index in [4.69, 9.17) is 23.2 Å². The lowest BCUT2D eigenvalue weighted by molar-refractivity contribution is 0.260. The van der Waals surface area contributed by atoms with Gasteiger partial charge in [-0.1, -0.05) is 41.4 Å². The van der Waals surface area contributed by atoms with E-state index in [0.29, 0.717) is 44.6 Å². The lowest BCUT2D eigenvalue weighted by Crippen LogP contribution is -2.45. The summed E-state index contributed by atoms with van der Waals surface area (Å²) in [5.41, 5.74) is 9.77. The average Bonchev–Trinajstić information content (AvgIpc) is 3.70. The zero-order chi connectivity index (χ0) is 28.7. The first-order valence-electron chi connectivity index (χ1n) is 12.8. The Morgan fingerprint density at radius 1 is 1.02 bits per heavy atom. The summed E-state index contributed by atoms with van der Waals surface area (Å²) in [5, 5.41) is 29.9. The van der Waals surface area contributed by atoms with E-state index in [2.05, 4.69) is 38.7 Å². The fourth-order valence-electron chi connectivity index (χ4n) is 4.96. The molecule has 12 heteroatoms. The van der Waals surface area contributed by atoms with E-state index < -0.39 is 11.3 Å². The van der Waals surface area contributed by atoms with Crippen LogP contribution in [0.25, 0.3) is 10.9 Å². The molecule has 0 spiro atoms. The fourth-order valence-corrected chi connectivity index (χ4v) is 5.47. The van der Waals surface area contributed by atoms with E-state index in [1.54, 1.807) is 6.07 Å². The highest BCUT2D eigenvalue weighted by Crippen LogP contribution is 2.39. The lowest BCUT2D eigenvalue weighted by atomic mass is 9.69. The highest BCUT2D eigenvalue weighted by atomic mass is 35.5. The molecule has 0 radical (unpaired) electrons. The number of halogens is 3. The van der Waals surface area contributed by atoms with Crippen molar-refractivity contribution in [2.75, 3.05) is 10.6 Å². The van der Waals surface area contributed by atoms with Gasteiger partial charge in [0.15, 0.2) is 0 Å². The zero-order valence-electron chi connectivity index (χ0n) is 21.8. The number of nitrogens with zero attached hydrogens (tertiary/aromatic N) is 4. The maximum absolute atomic E-state index is 13.8. The summed E-state index contributed by atoms with van der Waals surface area (Å²) < 4.78 is 13.8. The second-order valence-corrected chi connectivity index (χ2v) is 10.9. The predicted molar refractivity (Wildman–Crippen MR) is 160 cm³/mol. The molecule has 0 saturated heterocycles. The molecule has 0 bridgehead atoms. The number of pyridine rings is 1. The van der Waals surface area contributed by atoms with E-state index in [-0.39, 0.29) is 10.6 Å². The van der Waals surface area contributed by atoms with Crippen molar-refractivity contribution in [3.63, 3.8) is 0 Å². The number of benzene rings is 3. The molecular weight excluding hydrogens is 561 g/mol. The molecule has 1 unspecified atom stereocenters. The smallest absolute Gasteiger partial charge is 0.148 e. The molecule has 41 heavy (non-hydrogen) atoms. The van der Waals surface area contributed by atoms with Crippen molar-refractivity contribution in [1.29, 1.82) is 10.5 Å². The van der Waals surface area contributed by atoms with E-state index in [1.807, 2.05) is 49.4 Å². The molecule has 3 aromatic carbocycles. The summed E-state index contributed by atoms with van der Waals surface area (Å²) in [6, 6.07) is 20.1. The van der Waals surface area contributed by atoms with Crippen molar-refractivity contribution in [2.24, 2.45) is 0 Å². The zero-order valence-corrected chi connectivity index (χ0v) is 23.3. The molecule has 202 valence electrons. The number of hydrogen-bond acceptors (Lipinski definition) is 8. The molecule has 1 aromatic heterocycles. The number of nitriles is 2.